The maximum Gasteiger partial charge on any atom is 0.130 e. The molecule has 0 atom stereocenters. The number of hydrogen-bond acceptors (Lipinski definition) is 2. The molecule has 0 N–H and O–H groups in total. The van der Waals surface area contributed by atoms with Gasteiger partial charge in [-0.15, -0.1) is 0 Å². The van der Waals surface area contributed by atoms with Crippen molar-refractivity contribution in [1.82, 2.24) is 0 Å². The van der Waals surface area contributed by atoms with Crippen molar-refractivity contribution in [3.8, 4) is 17.6 Å². The van der Waals surface area contributed by atoms with Gasteiger partial charge in [0, 0.05) is 5.02 Å². The van der Waals surface area contributed by atoms with Crippen LogP contribution in [0.25, 0.3) is 0 Å². The molecule has 0 amide bonds. The third-order valence-electron chi connectivity index (χ3n) is 2.35. The molecule has 2 aromatic carbocycles. The first kappa shape index (κ1) is 11.5. The van der Waals surface area contributed by atoms with E-state index in [2.05, 4.69) is 6.07 Å². The topological polar surface area (TPSA) is 33.0 Å². The molecule has 0 aromatic heterocycles. The highest BCUT2D eigenvalue weighted by atomic mass is 35.5. The predicted molar refractivity (Wildman–Crippen MR) is 67.4 cm³/mol. The Morgan fingerprint density at radius 1 is 1.12 bits per heavy atom. The minimum Gasteiger partial charge on any atom is -0.457 e. The Kier molecular flexibility index (Phi) is 3.32. The molecule has 0 aliphatic carbocycles. The van der Waals surface area contributed by atoms with Crippen LogP contribution in [-0.4, -0.2) is 0 Å². The van der Waals surface area contributed by atoms with Gasteiger partial charge in [-0.3, -0.25) is 0 Å². The maximum atomic E-state index is 8.69. The van der Waals surface area contributed by atoms with Crippen molar-refractivity contribution in [3.63, 3.8) is 0 Å². The second-order valence-electron chi connectivity index (χ2n) is 3.65. The molecular formula is C14H10ClNO. The van der Waals surface area contributed by atoms with Crippen molar-refractivity contribution in [2.45, 2.75) is 6.92 Å². The standard InChI is InChI=1S/C14H10ClNO/c1-10-8-12(15)4-7-14(10)17-13-5-2-11(9-16)3-6-13/h2-8H,1H3. The molecule has 2 nitrogen and oxygen atoms in total. The molecule has 2 rings (SSSR count). The van der Waals surface area contributed by atoms with Gasteiger partial charge in [0.05, 0.1) is 11.6 Å². The summed E-state index contributed by atoms with van der Waals surface area (Å²) in [5.74, 6) is 1.47. The van der Waals surface area contributed by atoms with Crippen LogP contribution in [0, 0.1) is 18.3 Å². The van der Waals surface area contributed by atoms with Gasteiger partial charge in [-0.25, -0.2) is 0 Å². The summed E-state index contributed by atoms with van der Waals surface area (Å²) < 4.78 is 5.70. The smallest absolute Gasteiger partial charge is 0.130 e. The second-order valence-corrected chi connectivity index (χ2v) is 4.08. The van der Waals surface area contributed by atoms with Crippen molar-refractivity contribution in [1.29, 1.82) is 5.26 Å². The first-order chi connectivity index (χ1) is 8.19. The first-order valence-electron chi connectivity index (χ1n) is 5.13. The van der Waals surface area contributed by atoms with Crippen LogP contribution in [0.15, 0.2) is 42.5 Å². The number of aryl methyl sites for hydroxylation is 1. The SMILES string of the molecule is Cc1cc(Cl)ccc1Oc1ccc(C#N)cc1. The van der Waals surface area contributed by atoms with E-state index in [4.69, 9.17) is 21.6 Å². The van der Waals surface area contributed by atoms with E-state index in [0.717, 1.165) is 11.3 Å². The average Bonchev–Trinajstić information content (AvgIpc) is 2.34. The zero-order chi connectivity index (χ0) is 12.3. The summed E-state index contributed by atoms with van der Waals surface area (Å²) in [4.78, 5) is 0. The van der Waals surface area contributed by atoms with Gasteiger partial charge in [0.15, 0.2) is 0 Å². The van der Waals surface area contributed by atoms with Crippen LogP contribution in [0.3, 0.4) is 0 Å². The van der Waals surface area contributed by atoms with E-state index >= 15 is 0 Å². The van der Waals surface area contributed by atoms with Gasteiger partial charge >= 0.3 is 0 Å². The zero-order valence-electron chi connectivity index (χ0n) is 9.27. The monoisotopic (exact) mass is 243 g/mol. The Hall–Kier alpha value is -1.98. The molecule has 0 aliphatic rings. The molecule has 0 aliphatic heterocycles. The van der Waals surface area contributed by atoms with Gasteiger partial charge < -0.3 is 4.74 Å². The molecule has 0 unspecified atom stereocenters. The zero-order valence-corrected chi connectivity index (χ0v) is 10.0. The van der Waals surface area contributed by atoms with E-state index in [-0.39, 0.29) is 0 Å². The largest absolute Gasteiger partial charge is 0.457 e. The van der Waals surface area contributed by atoms with E-state index in [0.29, 0.717) is 16.3 Å². The third-order valence-corrected chi connectivity index (χ3v) is 2.58. The van der Waals surface area contributed by atoms with Gasteiger partial charge in [0.1, 0.15) is 11.5 Å². The van der Waals surface area contributed by atoms with Crippen molar-refractivity contribution < 1.29 is 4.74 Å². The Morgan fingerprint density at radius 3 is 2.41 bits per heavy atom. The van der Waals surface area contributed by atoms with Gasteiger partial charge in [-0.2, -0.15) is 5.26 Å². The molecular weight excluding hydrogens is 234 g/mol. The summed E-state index contributed by atoms with van der Waals surface area (Å²) in [5, 5.41) is 9.38. The highest BCUT2D eigenvalue weighted by Crippen LogP contribution is 2.27. The summed E-state index contributed by atoms with van der Waals surface area (Å²) >= 11 is 5.87. The van der Waals surface area contributed by atoms with Crippen LogP contribution in [0.1, 0.15) is 11.1 Å². The minimum absolute atomic E-state index is 0.616. The lowest BCUT2D eigenvalue weighted by molar-refractivity contribution is 0.479. The van der Waals surface area contributed by atoms with Gasteiger partial charge in [0.2, 0.25) is 0 Å². The van der Waals surface area contributed by atoms with E-state index in [1.165, 1.54) is 0 Å². The number of benzene rings is 2. The Bertz CT molecular complexity index is 570. The molecule has 84 valence electrons. The normalized spacial score (nSPS) is 9.71. The van der Waals surface area contributed by atoms with Crippen molar-refractivity contribution in [2.75, 3.05) is 0 Å². The fourth-order valence-electron chi connectivity index (χ4n) is 1.45. The number of nitrogens with zero attached hydrogens (tertiary/aromatic N) is 1. The van der Waals surface area contributed by atoms with E-state index in [9.17, 15) is 0 Å². The van der Waals surface area contributed by atoms with Crippen LogP contribution < -0.4 is 4.74 Å². The van der Waals surface area contributed by atoms with Crippen molar-refractivity contribution in [3.05, 3.63) is 58.6 Å². The lowest BCUT2D eigenvalue weighted by Gasteiger charge is -2.08. The Labute approximate surface area is 105 Å². The van der Waals surface area contributed by atoms with E-state index in [1.807, 2.05) is 19.1 Å². The quantitative estimate of drug-likeness (QED) is 0.787. The molecule has 0 heterocycles. The fraction of sp³-hybridized carbons (Fsp3) is 0.0714. The van der Waals surface area contributed by atoms with Gasteiger partial charge in [-0.05, 0) is 55.0 Å². The number of halogens is 1. The third kappa shape index (κ3) is 2.77. The average molecular weight is 244 g/mol. The van der Waals surface area contributed by atoms with Gasteiger partial charge in [-0.1, -0.05) is 11.6 Å². The summed E-state index contributed by atoms with van der Waals surface area (Å²) in [7, 11) is 0. The lowest BCUT2D eigenvalue weighted by Crippen LogP contribution is -1.87. The summed E-state index contributed by atoms with van der Waals surface area (Å²) in [5.41, 5.74) is 1.59. The lowest BCUT2D eigenvalue weighted by atomic mass is 10.2. The molecule has 0 saturated carbocycles. The van der Waals surface area contributed by atoms with Crippen LogP contribution in [0.5, 0.6) is 11.5 Å². The number of rotatable bonds is 2. The van der Waals surface area contributed by atoms with Crippen LogP contribution in [0.4, 0.5) is 0 Å². The minimum atomic E-state index is 0.616. The summed E-state index contributed by atoms with van der Waals surface area (Å²) in [6, 6.07) is 14.5. The maximum absolute atomic E-state index is 8.69. The molecule has 0 spiro atoms. The molecule has 3 heteroatoms. The van der Waals surface area contributed by atoms with E-state index in [1.54, 1.807) is 30.3 Å². The first-order valence-corrected chi connectivity index (χ1v) is 5.51. The molecule has 0 bridgehead atoms. The summed E-state index contributed by atoms with van der Waals surface area (Å²) in [6.07, 6.45) is 0. The predicted octanol–water partition coefficient (Wildman–Crippen LogP) is 4.31. The highest BCUT2D eigenvalue weighted by molar-refractivity contribution is 6.30. The van der Waals surface area contributed by atoms with Crippen molar-refractivity contribution in [2.24, 2.45) is 0 Å². The van der Waals surface area contributed by atoms with Crippen LogP contribution in [0.2, 0.25) is 5.02 Å². The number of nitriles is 1. The molecule has 0 saturated heterocycles. The fourth-order valence-corrected chi connectivity index (χ4v) is 1.68. The molecule has 2 aromatic rings. The Balaban J connectivity index is 2.23. The van der Waals surface area contributed by atoms with Gasteiger partial charge in [0.25, 0.3) is 0 Å². The summed E-state index contributed by atoms with van der Waals surface area (Å²) in [6.45, 7) is 1.94. The molecule has 17 heavy (non-hydrogen) atoms. The molecule has 0 fully saturated rings. The second kappa shape index (κ2) is 4.90. The number of ether oxygens (including phenoxy) is 1. The highest BCUT2D eigenvalue weighted by Gasteiger charge is 2.02. The van der Waals surface area contributed by atoms with E-state index < -0.39 is 0 Å². The van der Waals surface area contributed by atoms with Crippen LogP contribution in [-0.2, 0) is 0 Å². The number of hydrogen-bond donors (Lipinski definition) is 0. The van der Waals surface area contributed by atoms with Crippen molar-refractivity contribution >= 4 is 11.6 Å². The molecule has 0 radical (unpaired) electrons. The Morgan fingerprint density at radius 2 is 1.82 bits per heavy atom. The van der Waals surface area contributed by atoms with Crippen LogP contribution >= 0.6 is 11.6 Å².